The van der Waals surface area contributed by atoms with Crippen LogP contribution >= 0.6 is 11.6 Å². The summed E-state index contributed by atoms with van der Waals surface area (Å²) in [5.41, 5.74) is 3.64. The molecule has 0 aliphatic carbocycles. The number of carboxylic acids is 1. The van der Waals surface area contributed by atoms with Crippen LogP contribution in [0.5, 0.6) is 0 Å². The molecule has 0 aliphatic heterocycles. The number of hydrogen-bond donors (Lipinski definition) is 2. The van der Waals surface area contributed by atoms with Crippen molar-refractivity contribution in [2.75, 3.05) is 0 Å². The van der Waals surface area contributed by atoms with Crippen LogP contribution in [-0.4, -0.2) is 23.0 Å². The highest BCUT2D eigenvalue weighted by molar-refractivity contribution is 6.30. The molecule has 0 radical (unpaired) electrons. The third kappa shape index (κ3) is 4.31. The van der Waals surface area contributed by atoms with Crippen LogP contribution in [0.1, 0.15) is 36.5 Å². The number of halogens is 1. The molecule has 8 heteroatoms. The van der Waals surface area contributed by atoms with Gasteiger partial charge in [-0.3, -0.25) is 4.79 Å². The standard InChI is InChI=1S/C26H24ClNO6/c1-4-5-21(25(30)31)28-22(29)11-18-13(2)17-10-19-20(15-6-8-16(27)9-7-15)12-33-23(19)14(3)24(17)34-26(18)32/h6-10,12,21H,4-5,11H2,1-3H3,(H,28,29)(H,30,31). The van der Waals surface area contributed by atoms with Crippen molar-refractivity contribution in [1.82, 2.24) is 5.32 Å². The number of aliphatic carboxylic acids is 1. The molecular weight excluding hydrogens is 458 g/mol. The molecule has 2 N–H and O–H groups in total. The number of aryl methyl sites for hydroxylation is 2. The summed E-state index contributed by atoms with van der Waals surface area (Å²) >= 11 is 6.02. The Bertz CT molecular complexity index is 1470. The molecule has 1 atom stereocenters. The van der Waals surface area contributed by atoms with E-state index < -0.39 is 23.5 Å². The van der Waals surface area contributed by atoms with Crippen molar-refractivity contribution in [2.24, 2.45) is 0 Å². The zero-order valence-corrected chi connectivity index (χ0v) is 19.8. The fourth-order valence-electron chi connectivity index (χ4n) is 4.21. The molecule has 4 aromatic rings. The number of amides is 1. The molecule has 176 valence electrons. The predicted octanol–water partition coefficient (Wildman–Crippen LogP) is 5.39. The lowest BCUT2D eigenvalue weighted by atomic mass is 9.97. The maximum absolute atomic E-state index is 12.8. The van der Waals surface area contributed by atoms with Gasteiger partial charge in [-0.05, 0) is 49.6 Å². The summed E-state index contributed by atoms with van der Waals surface area (Å²) in [6.07, 6.45) is 2.29. The highest BCUT2D eigenvalue weighted by atomic mass is 35.5. The number of benzene rings is 2. The first-order valence-corrected chi connectivity index (χ1v) is 11.3. The van der Waals surface area contributed by atoms with Gasteiger partial charge in [0.25, 0.3) is 0 Å². The Balaban J connectivity index is 1.79. The molecule has 1 amide bonds. The lowest BCUT2D eigenvalue weighted by Crippen LogP contribution is -2.41. The van der Waals surface area contributed by atoms with Gasteiger partial charge in [-0.2, -0.15) is 0 Å². The van der Waals surface area contributed by atoms with Gasteiger partial charge in [-0.25, -0.2) is 9.59 Å². The van der Waals surface area contributed by atoms with Crippen molar-refractivity contribution in [3.63, 3.8) is 0 Å². The van der Waals surface area contributed by atoms with Gasteiger partial charge in [0.1, 0.15) is 17.2 Å². The molecule has 0 saturated heterocycles. The molecular formula is C26H24ClNO6. The van der Waals surface area contributed by atoms with Gasteiger partial charge in [-0.1, -0.05) is 37.1 Å². The maximum Gasteiger partial charge on any atom is 0.340 e. The molecule has 7 nitrogen and oxygen atoms in total. The smallest absolute Gasteiger partial charge is 0.340 e. The second-order valence-electron chi connectivity index (χ2n) is 8.33. The van der Waals surface area contributed by atoms with Crippen LogP contribution in [0.3, 0.4) is 0 Å². The van der Waals surface area contributed by atoms with Crippen LogP contribution in [-0.2, 0) is 16.0 Å². The van der Waals surface area contributed by atoms with E-state index >= 15 is 0 Å². The zero-order chi connectivity index (χ0) is 24.6. The Kier molecular flexibility index (Phi) is 6.48. The van der Waals surface area contributed by atoms with Crippen LogP contribution in [0.2, 0.25) is 5.02 Å². The molecule has 4 rings (SSSR count). The Morgan fingerprint density at radius 2 is 1.79 bits per heavy atom. The lowest BCUT2D eigenvalue weighted by molar-refractivity contribution is -0.141. The fraction of sp³-hybridized carbons (Fsp3) is 0.269. The minimum Gasteiger partial charge on any atom is -0.480 e. The SMILES string of the molecule is CCCC(NC(=O)Cc1c(C)c2cc3c(-c4ccc(Cl)cc4)coc3c(C)c2oc1=O)C(=O)O. The minimum absolute atomic E-state index is 0.195. The molecule has 34 heavy (non-hydrogen) atoms. The quantitative estimate of drug-likeness (QED) is 0.342. The van der Waals surface area contributed by atoms with E-state index in [-0.39, 0.29) is 12.0 Å². The van der Waals surface area contributed by atoms with Crippen LogP contribution < -0.4 is 10.9 Å². The summed E-state index contributed by atoms with van der Waals surface area (Å²) in [6, 6.07) is 8.28. The van der Waals surface area contributed by atoms with Gasteiger partial charge in [0.05, 0.1) is 18.2 Å². The molecule has 2 aromatic heterocycles. The number of carbonyl (C=O) groups excluding carboxylic acids is 1. The molecule has 0 aliphatic rings. The number of rotatable bonds is 7. The van der Waals surface area contributed by atoms with Gasteiger partial charge >= 0.3 is 11.6 Å². The van der Waals surface area contributed by atoms with Crippen molar-refractivity contribution in [3.05, 3.63) is 68.7 Å². The number of furan rings is 1. The van der Waals surface area contributed by atoms with E-state index in [1.165, 1.54) is 0 Å². The molecule has 0 fully saturated rings. The molecule has 2 aromatic carbocycles. The van der Waals surface area contributed by atoms with Gasteiger partial charge < -0.3 is 19.3 Å². The third-order valence-electron chi connectivity index (χ3n) is 6.04. The zero-order valence-electron chi connectivity index (χ0n) is 19.0. The number of fused-ring (bicyclic) bond motifs is 2. The number of carboxylic acid groups (broad SMARTS) is 1. The summed E-state index contributed by atoms with van der Waals surface area (Å²) < 4.78 is 11.4. The fourth-order valence-corrected chi connectivity index (χ4v) is 4.33. The maximum atomic E-state index is 12.8. The Morgan fingerprint density at radius 3 is 2.44 bits per heavy atom. The van der Waals surface area contributed by atoms with Gasteiger partial charge in [0, 0.05) is 26.9 Å². The molecule has 2 heterocycles. The summed E-state index contributed by atoms with van der Waals surface area (Å²) in [4.78, 5) is 36.7. The summed E-state index contributed by atoms with van der Waals surface area (Å²) in [6.45, 7) is 5.41. The summed E-state index contributed by atoms with van der Waals surface area (Å²) in [7, 11) is 0. The molecule has 0 bridgehead atoms. The Hall–Kier alpha value is -3.58. The first-order chi connectivity index (χ1) is 16.2. The Labute approximate surface area is 200 Å². The normalized spacial score (nSPS) is 12.2. The highest BCUT2D eigenvalue weighted by Gasteiger charge is 2.23. The second-order valence-corrected chi connectivity index (χ2v) is 8.76. The van der Waals surface area contributed by atoms with Crippen LogP contribution in [0.15, 0.2) is 50.2 Å². The van der Waals surface area contributed by atoms with Crippen molar-refractivity contribution in [1.29, 1.82) is 0 Å². The topological polar surface area (TPSA) is 110 Å². The average molecular weight is 482 g/mol. The van der Waals surface area contributed by atoms with E-state index in [2.05, 4.69) is 5.32 Å². The lowest BCUT2D eigenvalue weighted by Gasteiger charge is -2.14. The van der Waals surface area contributed by atoms with Crippen LogP contribution in [0.25, 0.3) is 33.1 Å². The third-order valence-corrected chi connectivity index (χ3v) is 6.30. The monoisotopic (exact) mass is 481 g/mol. The van der Waals surface area contributed by atoms with Gasteiger partial charge in [-0.15, -0.1) is 0 Å². The van der Waals surface area contributed by atoms with E-state index in [1.807, 2.05) is 32.0 Å². The van der Waals surface area contributed by atoms with Gasteiger partial charge in [0.2, 0.25) is 5.91 Å². The van der Waals surface area contributed by atoms with Crippen LogP contribution in [0.4, 0.5) is 0 Å². The van der Waals surface area contributed by atoms with E-state index in [9.17, 15) is 19.5 Å². The summed E-state index contributed by atoms with van der Waals surface area (Å²) in [5, 5.41) is 14.0. The summed E-state index contributed by atoms with van der Waals surface area (Å²) in [5.74, 6) is -1.65. The van der Waals surface area contributed by atoms with E-state index in [0.29, 0.717) is 45.5 Å². The van der Waals surface area contributed by atoms with Crippen molar-refractivity contribution in [3.8, 4) is 11.1 Å². The average Bonchev–Trinajstić information content (AvgIpc) is 3.22. The minimum atomic E-state index is -1.11. The molecule has 1 unspecified atom stereocenters. The van der Waals surface area contributed by atoms with Crippen molar-refractivity contribution in [2.45, 2.75) is 46.1 Å². The number of hydrogen-bond acceptors (Lipinski definition) is 5. The van der Waals surface area contributed by atoms with Gasteiger partial charge in [0.15, 0.2) is 0 Å². The van der Waals surface area contributed by atoms with Crippen molar-refractivity contribution >= 4 is 45.4 Å². The Morgan fingerprint density at radius 1 is 1.09 bits per heavy atom. The van der Waals surface area contributed by atoms with E-state index in [0.717, 1.165) is 16.5 Å². The second kappa shape index (κ2) is 9.35. The predicted molar refractivity (Wildman–Crippen MR) is 130 cm³/mol. The van der Waals surface area contributed by atoms with E-state index in [4.69, 9.17) is 20.4 Å². The molecule has 0 spiro atoms. The molecule has 0 saturated carbocycles. The number of carbonyl (C=O) groups is 2. The first-order valence-electron chi connectivity index (χ1n) is 11.0. The first kappa shape index (κ1) is 23.6. The van der Waals surface area contributed by atoms with E-state index in [1.54, 1.807) is 25.3 Å². The highest BCUT2D eigenvalue weighted by Crippen LogP contribution is 2.37. The van der Waals surface area contributed by atoms with Crippen LogP contribution in [0, 0.1) is 13.8 Å². The van der Waals surface area contributed by atoms with Crippen molar-refractivity contribution < 1.29 is 23.5 Å². The number of nitrogens with one attached hydrogen (secondary N) is 1. The largest absolute Gasteiger partial charge is 0.480 e.